The normalized spacial score (nSPS) is 18.8. The van der Waals surface area contributed by atoms with Crippen molar-refractivity contribution in [2.24, 2.45) is 0 Å². The first-order valence-electron chi connectivity index (χ1n) is 9.86. The molecule has 3 rings (SSSR count). The van der Waals surface area contributed by atoms with Crippen molar-refractivity contribution in [2.45, 2.75) is 38.1 Å². The highest BCUT2D eigenvalue weighted by atomic mass is 16.5. The van der Waals surface area contributed by atoms with Crippen molar-refractivity contribution >= 4 is 17.6 Å². The Balaban J connectivity index is 1.39. The molecule has 7 nitrogen and oxygen atoms in total. The standard InChI is InChI=1S/C20H30N4O3/c1-27-18-9-5-8-17(14-18)24-12-10-23(11-13-24)15-19(25)22-20(26)21-16-6-3-2-4-7-16/h5,8-9,14,16H,2-4,6-7,10-13,15H2,1H3,(H2,21,22,25,26). The lowest BCUT2D eigenvalue weighted by Gasteiger charge is -2.35. The summed E-state index contributed by atoms with van der Waals surface area (Å²) in [7, 11) is 1.67. The number of ether oxygens (including phenoxy) is 1. The van der Waals surface area contributed by atoms with Gasteiger partial charge in [-0.25, -0.2) is 4.79 Å². The number of carbonyl (C=O) groups excluding carboxylic acids is 2. The average Bonchev–Trinajstić information content (AvgIpc) is 2.69. The number of urea groups is 1. The highest BCUT2D eigenvalue weighted by molar-refractivity contribution is 5.95. The Morgan fingerprint density at radius 1 is 1.11 bits per heavy atom. The molecule has 1 heterocycles. The van der Waals surface area contributed by atoms with E-state index in [0.29, 0.717) is 0 Å². The molecule has 1 aliphatic carbocycles. The number of methoxy groups -OCH3 is 1. The number of hydrogen-bond donors (Lipinski definition) is 2. The predicted octanol–water partition coefficient (Wildman–Crippen LogP) is 1.98. The number of anilines is 1. The number of rotatable bonds is 5. The van der Waals surface area contributed by atoms with E-state index in [4.69, 9.17) is 4.74 Å². The fourth-order valence-electron chi connectivity index (χ4n) is 3.81. The van der Waals surface area contributed by atoms with Crippen LogP contribution in [0.2, 0.25) is 0 Å². The quantitative estimate of drug-likeness (QED) is 0.824. The molecule has 1 aliphatic heterocycles. The minimum atomic E-state index is -0.359. The second kappa shape index (κ2) is 9.60. The summed E-state index contributed by atoms with van der Waals surface area (Å²) in [6.45, 7) is 3.51. The molecule has 1 saturated heterocycles. The molecule has 2 aliphatic rings. The van der Waals surface area contributed by atoms with Gasteiger partial charge in [0.2, 0.25) is 5.91 Å². The lowest BCUT2D eigenvalue weighted by molar-refractivity contribution is -0.121. The number of carbonyl (C=O) groups is 2. The van der Waals surface area contributed by atoms with E-state index in [1.54, 1.807) is 7.11 Å². The zero-order valence-corrected chi connectivity index (χ0v) is 16.1. The maximum Gasteiger partial charge on any atom is 0.321 e. The van der Waals surface area contributed by atoms with E-state index in [2.05, 4.69) is 26.5 Å². The van der Waals surface area contributed by atoms with Crippen LogP contribution in [0.3, 0.4) is 0 Å². The molecule has 2 N–H and O–H groups in total. The third-order valence-corrected chi connectivity index (χ3v) is 5.35. The summed E-state index contributed by atoms with van der Waals surface area (Å²) in [6.07, 6.45) is 5.55. The largest absolute Gasteiger partial charge is 0.497 e. The molecule has 1 aromatic rings. The highest BCUT2D eigenvalue weighted by Crippen LogP contribution is 2.22. The first-order valence-corrected chi connectivity index (χ1v) is 9.86. The zero-order valence-electron chi connectivity index (χ0n) is 16.1. The molecule has 0 radical (unpaired) electrons. The molecular weight excluding hydrogens is 344 g/mol. The Morgan fingerprint density at radius 3 is 2.56 bits per heavy atom. The fourth-order valence-corrected chi connectivity index (χ4v) is 3.81. The second-order valence-electron chi connectivity index (χ2n) is 7.32. The number of amides is 3. The van der Waals surface area contributed by atoms with Crippen molar-refractivity contribution in [3.05, 3.63) is 24.3 Å². The maximum atomic E-state index is 12.2. The van der Waals surface area contributed by atoms with Gasteiger partial charge < -0.3 is 15.0 Å². The van der Waals surface area contributed by atoms with Gasteiger partial charge in [0.15, 0.2) is 0 Å². The van der Waals surface area contributed by atoms with E-state index in [0.717, 1.165) is 63.3 Å². The Labute approximate surface area is 161 Å². The Hall–Kier alpha value is -2.28. The topological polar surface area (TPSA) is 73.9 Å². The van der Waals surface area contributed by atoms with Crippen molar-refractivity contribution in [1.82, 2.24) is 15.5 Å². The van der Waals surface area contributed by atoms with Gasteiger partial charge in [0.1, 0.15) is 5.75 Å². The van der Waals surface area contributed by atoms with Gasteiger partial charge in [0.05, 0.1) is 13.7 Å². The summed E-state index contributed by atoms with van der Waals surface area (Å²) in [5.74, 6) is 0.608. The molecule has 0 spiro atoms. The lowest BCUT2D eigenvalue weighted by Crippen LogP contribution is -2.52. The van der Waals surface area contributed by atoms with E-state index >= 15 is 0 Å². The van der Waals surface area contributed by atoms with E-state index in [1.165, 1.54) is 6.42 Å². The molecule has 7 heteroatoms. The molecule has 27 heavy (non-hydrogen) atoms. The SMILES string of the molecule is COc1cccc(N2CCN(CC(=O)NC(=O)NC3CCCCC3)CC2)c1. The number of piperazine rings is 1. The molecule has 0 atom stereocenters. The van der Waals surface area contributed by atoms with Crippen molar-refractivity contribution in [3.63, 3.8) is 0 Å². The first-order chi connectivity index (χ1) is 13.1. The van der Waals surface area contributed by atoms with Crippen LogP contribution < -0.4 is 20.3 Å². The molecule has 0 aromatic heterocycles. The monoisotopic (exact) mass is 374 g/mol. The number of hydrogen-bond acceptors (Lipinski definition) is 5. The van der Waals surface area contributed by atoms with Crippen LogP contribution in [0.15, 0.2) is 24.3 Å². The summed E-state index contributed by atoms with van der Waals surface area (Å²) >= 11 is 0. The number of nitrogens with zero attached hydrogens (tertiary/aromatic N) is 2. The van der Waals surface area contributed by atoms with Crippen LogP contribution in [0.25, 0.3) is 0 Å². The average molecular weight is 374 g/mol. The van der Waals surface area contributed by atoms with Crippen molar-refractivity contribution in [1.29, 1.82) is 0 Å². The molecule has 1 aromatic carbocycles. The first kappa shape index (κ1) is 19.5. The van der Waals surface area contributed by atoms with Gasteiger partial charge in [-0.05, 0) is 25.0 Å². The Kier molecular flexibility index (Phi) is 6.92. The zero-order chi connectivity index (χ0) is 19.1. The number of imide groups is 1. The van der Waals surface area contributed by atoms with Crippen molar-refractivity contribution in [2.75, 3.05) is 44.7 Å². The van der Waals surface area contributed by atoms with E-state index in [1.807, 2.05) is 18.2 Å². The smallest absolute Gasteiger partial charge is 0.321 e. The van der Waals surface area contributed by atoms with Gasteiger partial charge in [-0.2, -0.15) is 0 Å². The van der Waals surface area contributed by atoms with Crippen molar-refractivity contribution in [3.8, 4) is 5.75 Å². The molecule has 0 unspecified atom stereocenters. The number of nitrogens with one attached hydrogen (secondary N) is 2. The summed E-state index contributed by atoms with van der Waals surface area (Å²) in [5.41, 5.74) is 1.13. The van der Waals surface area contributed by atoms with Gasteiger partial charge in [-0.15, -0.1) is 0 Å². The van der Waals surface area contributed by atoms with Crippen LogP contribution in [-0.2, 0) is 4.79 Å². The summed E-state index contributed by atoms with van der Waals surface area (Å²) in [4.78, 5) is 28.5. The summed E-state index contributed by atoms with van der Waals surface area (Å²) < 4.78 is 5.28. The van der Waals surface area contributed by atoms with Crippen LogP contribution in [-0.4, -0.2) is 62.7 Å². The minimum Gasteiger partial charge on any atom is -0.497 e. The lowest BCUT2D eigenvalue weighted by atomic mass is 9.96. The molecule has 3 amide bonds. The second-order valence-corrected chi connectivity index (χ2v) is 7.32. The molecule has 0 bridgehead atoms. The molecular formula is C20H30N4O3. The predicted molar refractivity (Wildman–Crippen MR) is 105 cm³/mol. The Bertz CT molecular complexity index is 638. The third-order valence-electron chi connectivity index (χ3n) is 5.35. The van der Waals surface area contributed by atoms with Gasteiger partial charge in [0.25, 0.3) is 0 Å². The fraction of sp³-hybridized carbons (Fsp3) is 0.600. The van der Waals surface area contributed by atoms with Crippen molar-refractivity contribution < 1.29 is 14.3 Å². The Morgan fingerprint density at radius 2 is 1.85 bits per heavy atom. The summed E-state index contributed by atoms with van der Waals surface area (Å²) in [6, 6.07) is 7.86. The van der Waals surface area contributed by atoms with Crippen LogP contribution in [0.1, 0.15) is 32.1 Å². The summed E-state index contributed by atoms with van der Waals surface area (Å²) in [5, 5.41) is 5.39. The maximum absolute atomic E-state index is 12.2. The van der Waals surface area contributed by atoms with Gasteiger partial charge >= 0.3 is 6.03 Å². The van der Waals surface area contributed by atoms with Crippen LogP contribution >= 0.6 is 0 Å². The van der Waals surface area contributed by atoms with Gasteiger partial charge in [-0.3, -0.25) is 15.0 Å². The van der Waals surface area contributed by atoms with Crippen LogP contribution in [0.5, 0.6) is 5.75 Å². The van der Waals surface area contributed by atoms with E-state index in [9.17, 15) is 9.59 Å². The van der Waals surface area contributed by atoms with Crippen LogP contribution in [0, 0.1) is 0 Å². The third kappa shape index (κ3) is 5.85. The van der Waals surface area contributed by atoms with Gasteiger partial charge in [-0.1, -0.05) is 25.3 Å². The van der Waals surface area contributed by atoms with Gasteiger partial charge in [0, 0.05) is 44.0 Å². The molecule has 2 fully saturated rings. The highest BCUT2D eigenvalue weighted by Gasteiger charge is 2.21. The molecule has 1 saturated carbocycles. The van der Waals surface area contributed by atoms with E-state index < -0.39 is 0 Å². The molecule has 148 valence electrons. The van der Waals surface area contributed by atoms with E-state index in [-0.39, 0.29) is 24.5 Å². The van der Waals surface area contributed by atoms with Crippen LogP contribution in [0.4, 0.5) is 10.5 Å². The number of benzene rings is 1. The minimum absolute atomic E-state index is 0.206.